The zero-order valence-electron chi connectivity index (χ0n) is 11.6. The molecular weight excluding hydrogens is 276 g/mol. The maximum atomic E-state index is 11.6. The monoisotopic (exact) mass is 292 g/mol. The summed E-state index contributed by atoms with van der Waals surface area (Å²) in [4.78, 5) is 33.6. The quantitative estimate of drug-likeness (QED) is 0.775. The Kier molecular flexibility index (Phi) is 4.76. The fourth-order valence-electron chi connectivity index (χ4n) is 1.84. The highest BCUT2D eigenvalue weighted by Crippen LogP contribution is 2.28. The number of rotatable bonds is 5. The van der Waals surface area contributed by atoms with Gasteiger partial charge in [0, 0.05) is 13.0 Å². The van der Waals surface area contributed by atoms with Crippen LogP contribution in [0.2, 0.25) is 0 Å². The van der Waals surface area contributed by atoms with E-state index in [0.29, 0.717) is 18.0 Å². The standard InChI is InChI=1S/C14H16N2O5/c1-20-14(19)5-4-12(17)15-7-9-2-3-10-11(6-9)21-8-13(18)16-10/h2-3,6H,4-5,7-8H2,1H3,(H,15,17)(H,16,18). The number of carbonyl (C=O) groups is 3. The van der Waals surface area contributed by atoms with Crippen molar-refractivity contribution >= 4 is 23.5 Å². The van der Waals surface area contributed by atoms with Gasteiger partial charge in [-0.15, -0.1) is 0 Å². The number of ether oxygens (including phenoxy) is 2. The Morgan fingerprint density at radius 1 is 1.38 bits per heavy atom. The topological polar surface area (TPSA) is 93.7 Å². The lowest BCUT2D eigenvalue weighted by Gasteiger charge is -2.18. The van der Waals surface area contributed by atoms with Gasteiger partial charge in [-0.25, -0.2) is 0 Å². The molecule has 0 unspecified atom stereocenters. The van der Waals surface area contributed by atoms with E-state index in [2.05, 4.69) is 15.4 Å². The van der Waals surface area contributed by atoms with Crippen LogP contribution in [0.1, 0.15) is 18.4 Å². The van der Waals surface area contributed by atoms with E-state index in [1.807, 2.05) is 0 Å². The Bertz CT molecular complexity index is 570. The number of nitrogens with one attached hydrogen (secondary N) is 2. The maximum Gasteiger partial charge on any atom is 0.306 e. The molecule has 0 aromatic heterocycles. The van der Waals surface area contributed by atoms with E-state index in [9.17, 15) is 14.4 Å². The van der Waals surface area contributed by atoms with Crippen LogP contribution >= 0.6 is 0 Å². The van der Waals surface area contributed by atoms with E-state index in [1.165, 1.54) is 7.11 Å². The van der Waals surface area contributed by atoms with Crippen molar-refractivity contribution < 1.29 is 23.9 Å². The SMILES string of the molecule is COC(=O)CCC(=O)NCc1ccc2c(c1)OCC(=O)N2. The predicted octanol–water partition coefficient (Wildman–Crippen LogP) is 0.587. The molecule has 1 aromatic carbocycles. The van der Waals surface area contributed by atoms with Gasteiger partial charge in [-0.2, -0.15) is 0 Å². The average Bonchev–Trinajstić information content (AvgIpc) is 2.50. The van der Waals surface area contributed by atoms with Crippen LogP contribution in [-0.4, -0.2) is 31.5 Å². The van der Waals surface area contributed by atoms with E-state index < -0.39 is 5.97 Å². The summed E-state index contributed by atoms with van der Waals surface area (Å²) in [6.07, 6.45) is 0.145. The molecule has 0 saturated heterocycles. The summed E-state index contributed by atoms with van der Waals surface area (Å²) in [6, 6.07) is 5.27. The molecule has 0 saturated carbocycles. The molecule has 1 aliphatic heterocycles. The van der Waals surface area contributed by atoms with Gasteiger partial charge >= 0.3 is 5.97 Å². The van der Waals surface area contributed by atoms with Gasteiger partial charge in [0.1, 0.15) is 5.75 Å². The Labute approximate surface area is 121 Å². The molecule has 21 heavy (non-hydrogen) atoms. The molecule has 1 aliphatic rings. The summed E-state index contributed by atoms with van der Waals surface area (Å²) in [7, 11) is 1.28. The van der Waals surface area contributed by atoms with Crippen molar-refractivity contribution in [2.45, 2.75) is 19.4 Å². The third kappa shape index (κ3) is 4.20. The highest BCUT2D eigenvalue weighted by atomic mass is 16.5. The van der Waals surface area contributed by atoms with Crippen LogP contribution in [0.4, 0.5) is 5.69 Å². The van der Waals surface area contributed by atoms with E-state index >= 15 is 0 Å². The lowest BCUT2D eigenvalue weighted by atomic mass is 10.1. The number of fused-ring (bicyclic) bond motifs is 1. The number of hydrogen-bond acceptors (Lipinski definition) is 5. The molecular formula is C14H16N2O5. The van der Waals surface area contributed by atoms with Crippen molar-refractivity contribution in [3.8, 4) is 5.75 Å². The van der Waals surface area contributed by atoms with Crippen LogP contribution in [0.25, 0.3) is 0 Å². The van der Waals surface area contributed by atoms with Gasteiger partial charge in [-0.1, -0.05) is 6.07 Å². The van der Waals surface area contributed by atoms with Gasteiger partial charge in [0.05, 0.1) is 19.2 Å². The Morgan fingerprint density at radius 2 is 2.19 bits per heavy atom. The van der Waals surface area contributed by atoms with Crippen molar-refractivity contribution in [3.63, 3.8) is 0 Å². The highest BCUT2D eigenvalue weighted by molar-refractivity contribution is 5.95. The first-order chi connectivity index (χ1) is 10.1. The minimum Gasteiger partial charge on any atom is -0.482 e. The number of amides is 2. The molecule has 1 heterocycles. The van der Waals surface area contributed by atoms with E-state index in [0.717, 1.165) is 5.56 Å². The number of esters is 1. The summed E-state index contributed by atoms with van der Waals surface area (Å²) in [5.74, 6) is -0.252. The van der Waals surface area contributed by atoms with Crippen LogP contribution in [0.5, 0.6) is 5.75 Å². The smallest absolute Gasteiger partial charge is 0.306 e. The Balaban J connectivity index is 1.85. The minimum absolute atomic E-state index is 0.0120. The minimum atomic E-state index is -0.414. The molecule has 7 heteroatoms. The first kappa shape index (κ1) is 14.8. The van der Waals surface area contributed by atoms with Gasteiger partial charge in [0.25, 0.3) is 5.91 Å². The van der Waals surface area contributed by atoms with Crippen molar-refractivity contribution in [1.29, 1.82) is 0 Å². The number of carbonyl (C=O) groups excluding carboxylic acids is 3. The second kappa shape index (κ2) is 6.74. The van der Waals surface area contributed by atoms with Crippen molar-refractivity contribution in [2.75, 3.05) is 19.0 Å². The summed E-state index contributed by atoms with van der Waals surface area (Å²) in [5, 5.41) is 5.39. The average molecular weight is 292 g/mol. The molecule has 7 nitrogen and oxygen atoms in total. The zero-order chi connectivity index (χ0) is 15.2. The summed E-state index contributed by atoms with van der Waals surface area (Å²) in [6.45, 7) is 0.312. The number of methoxy groups -OCH3 is 1. The first-order valence-electron chi connectivity index (χ1n) is 6.47. The summed E-state index contributed by atoms with van der Waals surface area (Å²) in [5.41, 5.74) is 1.46. The van der Waals surface area contributed by atoms with Crippen molar-refractivity contribution in [1.82, 2.24) is 5.32 Å². The molecule has 1 aromatic rings. The summed E-state index contributed by atoms with van der Waals surface area (Å²) >= 11 is 0. The van der Waals surface area contributed by atoms with Gasteiger partial charge in [-0.3, -0.25) is 14.4 Å². The Morgan fingerprint density at radius 3 is 2.95 bits per heavy atom. The predicted molar refractivity (Wildman–Crippen MR) is 73.7 cm³/mol. The van der Waals surface area contributed by atoms with Crippen molar-refractivity contribution in [3.05, 3.63) is 23.8 Å². The number of hydrogen-bond donors (Lipinski definition) is 2. The number of anilines is 1. The maximum absolute atomic E-state index is 11.6. The first-order valence-corrected chi connectivity index (χ1v) is 6.47. The van der Waals surface area contributed by atoms with Gasteiger partial charge in [-0.05, 0) is 17.7 Å². The van der Waals surface area contributed by atoms with Crippen LogP contribution in [-0.2, 0) is 25.7 Å². The van der Waals surface area contributed by atoms with Crippen LogP contribution in [0.3, 0.4) is 0 Å². The molecule has 2 N–H and O–H groups in total. The van der Waals surface area contributed by atoms with Gasteiger partial charge < -0.3 is 20.1 Å². The zero-order valence-corrected chi connectivity index (χ0v) is 11.6. The highest BCUT2D eigenvalue weighted by Gasteiger charge is 2.16. The molecule has 0 aliphatic carbocycles. The molecule has 0 atom stereocenters. The lowest BCUT2D eigenvalue weighted by Crippen LogP contribution is -2.26. The molecule has 0 radical (unpaired) electrons. The van der Waals surface area contributed by atoms with Crippen LogP contribution < -0.4 is 15.4 Å². The van der Waals surface area contributed by atoms with E-state index in [4.69, 9.17) is 4.74 Å². The molecule has 2 rings (SSSR count). The fraction of sp³-hybridized carbons (Fsp3) is 0.357. The second-order valence-corrected chi connectivity index (χ2v) is 4.52. The fourth-order valence-corrected chi connectivity index (χ4v) is 1.84. The van der Waals surface area contributed by atoms with Crippen LogP contribution in [0, 0.1) is 0 Å². The van der Waals surface area contributed by atoms with Gasteiger partial charge in [0.15, 0.2) is 6.61 Å². The molecule has 112 valence electrons. The molecule has 0 bridgehead atoms. The van der Waals surface area contributed by atoms with Crippen molar-refractivity contribution in [2.24, 2.45) is 0 Å². The second-order valence-electron chi connectivity index (χ2n) is 4.52. The molecule has 0 fully saturated rings. The summed E-state index contributed by atoms with van der Waals surface area (Å²) < 4.78 is 9.76. The van der Waals surface area contributed by atoms with Crippen LogP contribution in [0.15, 0.2) is 18.2 Å². The van der Waals surface area contributed by atoms with Gasteiger partial charge in [0.2, 0.25) is 5.91 Å². The largest absolute Gasteiger partial charge is 0.482 e. The van der Waals surface area contributed by atoms with E-state index in [-0.39, 0.29) is 31.3 Å². The van der Waals surface area contributed by atoms with E-state index in [1.54, 1.807) is 18.2 Å². The normalized spacial score (nSPS) is 12.7. The number of benzene rings is 1. The lowest BCUT2D eigenvalue weighted by molar-refractivity contribution is -0.142. The third-order valence-corrected chi connectivity index (χ3v) is 2.95. The Hall–Kier alpha value is -2.57. The molecule has 0 spiro atoms. The molecule has 2 amide bonds. The third-order valence-electron chi connectivity index (χ3n) is 2.95.